The molecule has 1 saturated carbocycles. The van der Waals surface area contributed by atoms with Crippen LogP contribution in [0.1, 0.15) is 18.9 Å². The van der Waals surface area contributed by atoms with Crippen LogP contribution in [0, 0.1) is 24.7 Å². The van der Waals surface area contributed by atoms with E-state index in [0.717, 1.165) is 11.1 Å². The summed E-state index contributed by atoms with van der Waals surface area (Å²) in [6, 6.07) is 6.95. The van der Waals surface area contributed by atoms with Gasteiger partial charge in [0.2, 0.25) is 10.0 Å². The van der Waals surface area contributed by atoms with Crippen LogP contribution in [0.25, 0.3) is 0 Å². The number of hydrogen-bond acceptors (Lipinski definition) is 3. The average molecular weight is 321 g/mol. The number of aryl methyl sites for hydroxylation is 1. The van der Waals surface area contributed by atoms with Crippen LogP contribution >= 0.6 is 0 Å². The largest absolute Gasteiger partial charge is 0.393 e. The number of sulfonamides is 1. The molecule has 2 aliphatic rings. The molecular weight excluding hydrogens is 298 g/mol. The molecule has 0 amide bonds. The number of fused-ring (bicyclic) bond motifs is 1. The van der Waals surface area contributed by atoms with Gasteiger partial charge in [-0.25, -0.2) is 8.42 Å². The maximum absolute atomic E-state index is 12.8. The van der Waals surface area contributed by atoms with Crippen molar-refractivity contribution in [2.24, 2.45) is 17.8 Å². The predicted octanol–water partition coefficient (Wildman–Crippen LogP) is 2.19. The van der Waals surface area contributed by atoms with E-state index in [9.17, 15) is 13.5 Å². The number of aliphatic hydroxyl groups is 1. The molecule has 0 aromatic heterocycles. The van der Waals surface area contributed by atoms with Crippen LogP contribution < -0.4 is 0 Å². The number of hydrogen-bond donors (Lipinski definition) is 1. The highest BCUT2D eigenvalue weighted by Crippen LogP contribution is 2.44. The lowest BCUT2D eigenvalue weighted by Crippen LogP contribution is -2.44. The van der Waals surface area contributed by atoms with Crippen molar-refractivity contribution in [3.63, 3.8) is 0 Å². The number of aliphatic hydroxyl groups excluding tert-OH is 1. The summed E-state index contributed by atoms with van der Waals surface area (Å²) < 4.78 is 27.2. The fraction of sp³-hybridized carbons (Fsp3) is 0.529. The molecule has 0 radical (unpaired) electrons. The van der Waals surface area contributed by atoms with E-state index in [-0.39, 0.29) is 23.9 Å². The lowest BCUT2D eigenvalue weighted by atomic mass is 9.83. The van der Waals surface area contributed by atoms with Gasteiger partial charge in [0, 0.05) is 13.1 Å². The molecule has 3 rings (SSSR count). The number of benzene rings is 1. The Morgan fingerprint density at radius 2 is 1.91 bits per heavy atom. The van der Waals surface area contributed by atoms with Crippen LogP contribution in [-0.2, 0) is 10.0 Å². The zero-order chi connectivity index (χ0) is 16.1. The van der Waals surface area contributed by atoms with Gasteiger partial charge in [0.25, 0.3) is 0 Å². The van der Waals surface area contributed by atoms with Crippen LogP contribution in [0.3, 0.4) is 0 Å². The molecule has 0 bridgehead atoms. The Morgan fingerprint density at radius 3 is 2.55 bits per heavy atom. The zero-order valence-electron chi connectivity index (χ0n) is 13.1. The van der Waals surface area contributed by atoms with Gasteiger partial charge in [-0.2, -0.15) is 4.31 Å². The Balaban J connectivity index is 1.89. The van der Waals surface area contributed by atoms with Crippen molar-refractivity contribution in [1.29, 1.82) is 0 Å². The van der Waals surface area contributed by atoms with Crippen molar-refractivity contribution >= 4 is 10.0 Å². The van der Waals surface area contributed by atoms with Gasteiger partial charge in [0.15, 0.2) is 0 Å². The first-order valence-corrected chi connectivity index (χ1v) is 9.17. The number of piperidine rings is 1. The van der Waals surface area contributed by atoms with Gasteiger partial charge in [0.05, 0.1) is 11.0 Å². The first-order valence-electron chi connectivity index (χ1n) is 7.73. The molecule has 0 unspecified atom stereocenters. The van der Waals surface area contributed by atoms with Gasteiger partial charge in [0.1, 0.15) is 0 Å². The Kier molecular flexibility index (Phi) is 3.91. The molecule has 1 heterocycles. The van der Waals surface area contributed by atoms with E-state index in [4.69, 9.17) is 0 Å². The third-order valence-corrected chi connectivity index (χ3v) is 7.10. The summed E-state index contributed by atoms with van der Waals surface area (Å²) in [6.45, 7) is 8.85. The smallest absolute Gasteiger partial charge is 0.243 e. The van der Waals surface area contributed by atoms with Crippen LogP contribution in [0.4, 0.5) is 0 Å². The second kappa shape index (κ2) is 5.48. The van der Waals surface area contributed by atoms with Crippen LogP contribution in [0.15, 0.2) is 41.3 Å². The minimum absolute atomic E-state index is 0.109. The van der Waals surface area contributed by atoms with Gasteiger partial charge >= 0.3 is 0 Å². The molecule has 120 valence electrons. The molecule has 1 aliphatic carbocycles. The predicted molar refractivity (Wildman–Crippen MR) is 85.8 cm³/mol. The second-order valence-corrected chi connectivity index (χ2v) is 8.64. The fourth-order valence-electron chi connectivity index (χ4n) is 3.75. The van der Waals surface area contributed by atoms with Crippen molar-refractivity contribution < 1.29 is 13.5 Å². The van der Waals surface area contributed by atoms with E-state index in [1.54, 1.807) is 12.1 Å². The summed E-state index contributed by atoms with van der Waals surface area (Å²) in [4.78, 5) is 0.329. The lowest BCUT2D eigenvalue weighted by Gasteiger charge is -2.37. The van der Waals surface area contributed by atoms with E-state index in [0.29, 0.717) is 24.4 Å². The van der Waals surface area contributed by atoms with E-state index in [2.05, 4.69) is 6.58 Å². The molecule has 1 saturated heterocycles. The molecule has 2 fully saturated rings. The van der Waals surface area contributed by atoms with Gasteiger partial charge < -0.3 is 5.11 Å². The lowest BCUT2D eigenvalue weighted by molar-refractivity contribution is 0.122. The summed E-state index contributed by atoms with van der Waals surface area (Å²) in [5.41, 5.74) is 1.96. The molecule has 1 N–H and O–H groups in total. The number of rotatable bonds is 2. The minimum Gasteiger partial charge on any atom is -0.393 e. The molecule has 0 spiro atoms. The standard InChI is InChI=1S/C17H23NO3S/c1-11-4-6-14(7-5-11)22(20,21)18-9-12(2)15-8-17(19)13(3)16(15)10-18/h4-7,13,15-17,19H,2,8-10H2,1,3H3/t13-,15-,16-,17-/m0/s1. The maximum Gasteiger partial charge on any atom is 0.243 e. The quantitative estimate of drug-likeness (QED) is 0.850. The van der Waals surface area contributed by atoms with Gasteiger partial charge in [-0.3, -0.25) is 0 Å². The summed E-state index contributed by atoms with van der Waals surface area (Å²) in [7, 11) is -3.50. The monoisotopic (exact) mass is 321 g/mol. The molecule has 4 atom stereocenters. The van der Waals surface area contributed by atoms with Crippen molar-refractivity contribution in [2.45, 2.75) is 31.3 Å². The zero-order valence-corrected chi connectivity index (χ0v) is 13.9. The first-order chi connectivity index (χ1) is 10.3. The topological polar surface area (TPSA) is 57.6 Å². The molecule has 4 nitrogen and oxygen atoms in total. The molecule has 1 aromatic rings. The normalized spacial score (nSPS) is 33.0. The van der Waals surface area contributed by atoms with Crippen molar-refractivity contribution in [1.82, 2.24) is 4.31 Å². The third-order valence-electron chi connectivity index (χ3n) is 5.27. The van der Waals surface area contributed by atoms with E-state index in [1.807, 2.05) is 26.0 Å². The van der Waals surface area contributed by atoms with E-state index in [1.165, 1.54) is 4.31 Å². The molecule has 22 heavy (non-hydrogen) atoms. The van der Waals surface area contributed by atoms with E-state index >= 15 is 0 Å². The van der Waals surface area contributed by atoms with Gasteiger partial charge in [-0.15, -0.1) is 0 Å². The van der Waals surface area contributed by atoms with Crippen LogP contribution in [0.5, 0.6) is 0 Å². The second-order valence-electron chi connectivity index (χ2n) is 6.70. The highest BCUT2D eigenvalue weighted by Gasteiger charge is 2.46. The summed E-state index contributed by atoms with van der Waals surface area (Å²) >= 11 is 0. The van der Waals surface area contributed by atoms with E-state index < -0.39 is 10.0 Å². The molecule has 1 aliphatic heterocycles. The molecule has 1 aromatic carbocycles. The SMILES string of the molecule is C=C1CN(S(=O)(=O)c2ccc(C)cc2)C[C@H]2[C@H](C)[C@@H](O)C[C@@H]12. The van der Waals surface area contributed by atoms with Crippen molar-refractivity contribution in [2.75, 3.05) is 13.1 Å². The minimum atomic E-state index is -3.50. The van der Waals surface area contributed by atoms with Crippen LogP contribution in [-0.4, -0.2) is 37.0 Å². The average Bonchev–Trinajstić information content (AvgIpc) is 2.76. The van der Waals surface area contributed by atoms with Gasteiger partial charge in [-0.1, -0.05) is 36.8 Å². The number of nitrogens with zero attached hydrogens (tertiary/aromatic N) is 1. The van der Waals surface area contributed by atoms with Gasteiger partial charge in [-0.05, 0) is 43.2 Å². The maximum atomic E-state index is 12.8. The highest BCUT2D eigenvalue weighted by atomic mass is 32.2. The van der Waals surface area contributed by atoms with Crippen molar-refractivity contribution in [3.05, 3.63) is 42.0 Å². The Labute approximate surface area is 132 Å². The Bertz CT molecular complexity index is 680. The Morgan fingerprint density at radius 1 is 1.27 bits per heavy atom. The van der Waals surface area contributed by atoms with Crippen LogP contribution in [0.2, 0.25) is 0 Å². The Hall–Kier alpha value is -1.17. The summed E-state index contributed by atoms with van der Waals surface area (Å²) in [5, 5.41) is 10.1. The highest BCUT2D eigenvalue weighted by molar-refractivity contribution is 7.89. The first kappa shape index (κ1) is 15.7. The third kappa shape index (κ3) is 2.51. The summed E-state index contributed by atoms with van der Waals surface area (Å²) in [6.07, 6.45) is 0.358. The fourth-order valence-corrected chi connectivity index (χ4v) is 5.23. The summed E-state index contributed by atoms with van der Waals surface area (Å²) in [5.74, 6) is 0.517. The van der Waals surface area contributed by atoms with Crippen molar-refractivity contribution in [3.8, 4) is 0 Å². The molecular formula is C17H23NO3S. The molecule has 5 heteroatoms.